The second-order valence-electron chi connectivity index (χ2n) is 5.06. The Hall–Kier alpha value is -1.79. The van der Waals surface area contributed by atoms with E-state index in [2.05, 4.69) is 29.7 Å². The summed E-state index contributed by atoms with van der Waals surface area (Å²) in [6, 6.07) is 16.9. The average molecular weight is 348 g/mol. The van der Waals surface area contributed by atoms with Crippen LogP contribution in [-0.2, 0) is 10.8 Å². The molecule has 0 heterocycles. The topological polar surface area (TPSA) is 58.2 Å². The molecular formula is C17H20N2O2S2. The minimum Gasteiger partial charge on any atom is -0.337 e. The summed E-state index contributed by atoms with van der Waals surface area (Å²) in [4.78, 5) is 13.8. The van der Waals surface area contributed by atoms with Crippen LogP contribution in [0.1, 0.15) is 6.92 Å². The van der Waals surface area contributed by atoms with E-state index in [-0.39, 0.29) is 11.3 Å². The van der Waals surface area contributed by atoms with Gasteiger partial charge in [-0.25, -0.2) is 4.79 Å². The van der Waals surface area contributed by atoms with E-state index in [1.54, 1.807) is 42.3 Å². The van der Waals surface area contributed by atoms with E-state index in [0.29, 0.717) is 17.1 Å². The fourth-order valence-electron chi connectivity index (χ4n) is 1.94. The van der Waals surface area contributed by atoms with Gasteiger partial charge in [-0.05, 0) is 30.3 Å². The molecule has 0 radical (unpaired) electrons. The van der Waals surface area contributed by atoms with Gasteiger partial charge in [0, 0.05) is 44.3 Å². The lowest BCUT2D eigenvalue weighted by Crippen LogP contribution is -2.33. The highest BCUT2D eigenvalue weighted by Gasteiger charge is 2.08. The van der Waals surface area contributed by atoms with Gasteiger partial charge in [-0.1, -0.05) is 31.2 Å². The summed E-state index contributed by atoms with van der Waals surface area (Å²) < 4.78 is 11.5. The molecule has 2 aromatic rings. The fraction of sp³-hybridized carbons (Fsp3) is 0.235. The molecule has 23 heavy (non-hydrogen) atoms. The molecule has 2 atom stereocenters. The number of hydrogen-bond donors (Lipinski definition) is 2. The SMILES string of the molecule is C[C@@H](CNC(=O)Nc1cccc([S@@](C)=O)c1)Sc1ccccc1. The summed E-state index contributed by atoms with van der Waals surface area (Å²) in [5.41, 5.74) is 0.638. The van der Waals surface area contributed by atoms with Gasteiger partial charge in [0.2, 0.25) is 0 Å². The molecular weight excluding hydrogens is 328 g/mol. The van der Waals surface area contributed by atoms with E-state index in [9.17, 15) is 9.00 Å². The lowest BCUT2D eigenvalue weighted by atomic mass is 10.3. The summed E-state index contributed by atoms with van der Waals surface area (Å²) in [5, 5.41) is 5.88. The average Bonchev–Trinajstić information content (AvgIpc) is 2.54. The molecule has 0 unspecified atom stereocenters. The number of thioether (sulfide) groups is 1. The van der Waals surface area contributed by atoms with Crippen molar-refractivity contribution in [2.45, 2.75) is 22.0 Å². The molecule has 0 saturated carbocycles. The third-order valence-electron chi connectivity index (χ3n) is 3.05. The Balaban J connectivity index is 1.81. The first-order chi connectivity index (χ1) is 11.0. The minimum absolute atomic E-state index is 0.260. The molecule has 122 valence electrons. The van der Waals surface area contributed by atoms with Crippen molar-refractivity contribution in [1.82, 2.24) is 5.32 Å². The molecule has 0 aliphatic carbocycles. The van der Waals surface area contributed by atoms with Crippen LogP contribution in [0.5, 0.6) is 0 Å². The van der Waals surface area contributed by atoms with Gasteiger partial charge in [0.25, 0.3) is 0 Å². The molecule has 6 heteroatoms. The standard InChI is InChI=1S/C17H20N2O2S2/c1-13(22-15-8-4-3-5-9-15)12-18-17(20)19-14-7-6-10-16(11-14)23(2)21/h3-11,13H,12H2,1-2H3,(H2,18,19,20)/t13-,23+/m0/s1. The van der Waals surface area contributed by atoms with E-state index in [1.807, 2.05) is 18.2 Å². The third-order valence-corrected chi connectivity index (χ3v) is 5.09. The summed E-state index contributed by atoms with van der Waals surface area (Å²) in [5.74, 6) is 0. The van der Waals surface area contributed by atoms with Gasteiger partial charge in [-0.2, -0.15) is 0 Å². The van der Waals surface area contributed by atoms with Crippen molar-refractivity contribution in [3.63, 3.8) is 0 Å². The fourth-order valence-corrected chi connectivity index (χ4v) is 3.45. The Morgan fingerprint density at radius 1 is 1.17 bits per heavy atom. The van der Waals surface area contributed by atoms with Gasteiger partial charge >= 0.3 is 6.03 Å². The van der Waals surface area contributed by atoms with E-state index in [4.69, 9.17) is 0 Å². The molecule has 2 amide bonds. The van der Waals surface area contributed by atoms with Gasteiger partial charge in [-0.15, -0.1) is 11.8 Å². The summed E-state index contributed by atoms with van der Waals surface area (Å²) in [7, 11) is -1.06. The predicted octanol–water partition coefficient (Wildman–Crippen LogP) is 3.73. The normalized spacial score (nSPS) is 13.1. The van der Waals surface area contributed by atoms with Gasteiger partial charge in [0.15, 0.2) is 0 Å². The highest BCUT2D eigenvalue weighted by atomic mass is 32.2. The molecule has 2 rings (SSSR count). The summed E-state index contributed by atoms with van der Waals surface area (Å²) in [6.45, 7) is 2.63. The largest absolute Gasteiger partial charge is 0.337 e. The van der Waals surface area contributed by atoms with Gasteiger partial charge in [0.05, 0.1) is 0 Å². The Labute approximate surface area is 143 Å². The second kappa shape index (κ2) is 8.74. The maximum absolute atomic E-state index is 11.9. The maximum Gasteiger partial charge on any atom is 0.319 e. The van der Waals surface area contributed by atoms with Gasteiger partial charge in [0.1, 0.15) is 0 Å². The molecule has 0 spiro atoms. The number of amides is 2. The Morgan fingerprint density at radius 3 is 2.61 bits per heavy atom. The first-order valence-electron chi connectivity index (χ1n) is 7.24. The number of rotatable bonds is 6. The first-order valence-corrected chi connectivity index (χ1v) is 9.68. The van der Waals surface area contributed by atoms with Crippen molar-refractivity contribution in [1.29, 1.82) is 0 Å². The molecule has 0 fully saturated rings. The summed E-state index contributed by atoms with van der Waals surface area (Å²) >= 11 is 1.72. The van der Waals surface area contributed by atoms with Gasteiger partial charge in [-0.3, -0.25) is 4.21 Å². The van der Waals surface area contributed by atoms with Crippen molar-refractivity contribution in [3.05, 3.63) is 54.6 Å². The molecule has 0 aliphatic heterocycles. The zero-order valence-electron chi connectivity index (χ0n) is 13.1. The molecule has 0 bridgehead atoms. The molecule has 4 nitrogen and oxygen atoms in total. The number of carbonyl (C=O) groups excluding carboxylic acids is 1. The number of carbonyl (C=O) groups is 1. The lowest BCUT2D eigenvalue weighted by Gasteiger charge is -2.13. The molecule has 0 aliphatic rings. The molecule has 0 aromatic heterocycles. The van der Waals surface area contributed by atoms with Gasteiger partial charge < -0.3 is 10.6 Å². The number of anilines is 1. The Morgan fingerprint density at radius 2 is 1.91 bits per heavy atom. The van der Waals surface area contributed by atoms with Crippen molar-refractivity contribution >= 4 is 34.3 Å². The second-order valence-corrected chi connectivity index (χ2v) is 7.95. The smallest absolute Gasteiger partial charge is 0.319 e. The quantitative estimate of drug-likeness (QED) is 0.782. The molecule has 2 N–H and O–H groups in total. The van der Waals surface area contributed by atoms with Crippen LogP contribution in [0.4, 0.5) is 10.5 Å². The third kappa shape index (κ3) is 6.08. The number of hydrogen-bond acceptors (Lipinski definition) is 3. The van der Waals surface area contributed by atoms with E-state index in [1.165, 1.54) is 4.90 Å². The van der Waals surface area contributed by atoms with Crippen LogP contribution < -0.4 is 10.6 Å². The van der Waals surface area contributed by atoms with Crippen LogP contribution in [0.25, 0.3) is 0 Å². The molecule has 2 aromatic carbocycles. The Kier molecular flexibility index (Phi) is 6.67. The van der Waals surface area contributed by atoms with Crippen LogP contribution >= 0.6 is 11.8 Å². The van der Waals surface area contributed by atoms with Crippen molar-refractivity contribution in [2.75, 3.05) is 18.1 Å². The monoisotopic (exact) mass is 348 g/mol. The first kappa shape index (κ1) is 17.6. The van der Waals surface area contributed by atoms with Crippen molar-refractivity contribution < 1.29 is 9.00 Å². The van der Waals surface area contributed by atoms with Crippen LogP contribution in [0.2, 0.25) is 0 Å². The van der Waals surface area contributed by atoms with Crippen LogP contribution in [0, 0.1) is 0 Å². The molecule has 0 saturated heterocycles. The van der Waals surface area contributed by atoms with E-state index < -0.39 is 10.8 Å². The maximum atomic E-state index is 11.9. The number of urea groups is 1. The van der Waals surface area contributed by atoms with E-state index in [0.717, 1.165) is 0 Å². The zero-order chi connectivity index (χ0) is 16.7. The van der Waals surface area contributed by atoms with Crippen LogP contribution in [0.15, 0.2) is 64.4 Å². The lowest BCUT2D eigenvalue weighted by molar-refractivity contribution is 0.252. The highest BCUT2D eigenvalue weighted by Crippen LogP contribution is 2.22. The van der Waals surface area contributed by atoms with Crippen molar-refractivity contribution in [3.8, 4) is 0 Å². The van der Waals surface area contributed by atoms with Crippen molar-refractivity contribution in [2.24, 2.45) is 0 Å². The zero-order valence-corrected chi connectivity index (χ0v) is 14.7. The predicted molar refractivity (Wildman–Crippen MR) is 97.6 cm³/mol. The van der Waals surface area contributed by atoms with Crippen LogP contribution in [-0.4, -0.2) is 28.3 Å². The van der Waals surface area contributed by atoms with Crippen LogP contribution in [0.3, 0.4) is 0 Å². The highest BCUT2D eigenvalue weighted by molar-refractivity contribution is 8.00. The van der Waals surface area contributed by atoms with E-state index >= 15 is 0 Å². The minimum atomic E-state index is -1.06. The number of nitrogens with one attached hydrogen (secondary N) is 2. The Bertz CT molecular complexity index is 677. The summed E-state index contributed by atoms with van der Waals surface area (Å²) in [6.07, 6.45) is 1.61. The number of benzene rings is 2.